The molecule has 1 aromatic heterocycles. The van der Waals surface area contributed by atoms with Gasteiger partial charge in [0.05, 0.1) is 16.4 Å². The molecule has 2 heterocycles. The summed E-state index contributed by atoms with van der Waals surface area (Å²) in [4.78, 5) is 14.2. The minimum atomic E-state index is -2.95. The van der Waals surface area contributed by atoms with Crippen LogP contribution in [0.25, 0.3) is 0 Å². The van der Waals surface area contributed by atoms with Crippen LogP contribution >= 0.6 is 11.3 Å². The summed E-state index contributed by atoms with van der Waals surface area (Å²) < 4.78 is 22.8. The van der Waals surface area contributed by atoms with Gasteiger partial charge in [0.2, 0.25) is 0 Å². The fraction of sp³-hybridized carbons (Fsp3) is 0.643. The number of carbonyl (C=O) groups is 1. The third-order valence-corrected chi connectivity index (χ3v) is 6.55. The first-order valence-corrected chi connectivity index (χ1v) is 9.71. The predicted octanol–water partition coefficient (Wildman–Crippen LogP) is 2.18. The highest BCUT2D eigenvalue weighted by Gasteiger charge is 2.29. The second-order valence-electron chi connectivity index (χ2n) is 5.24. The van der Waals surface area contributed by atoms with Gasteiger partial charge in [0, 0.05) is 10.9 Å². The SMILES string of the molecule is CCCc1sc(C(=O)N[C@@H]2CCS(=O)(=O)C2)cc1CC. The Morgan fingerprint density at radius 1 is 1.45 bits per heavy atom. The van der Waals surface area contributed by atoms with Gasteiger partial charge in [-0.1, -0.05) is 20.3 Å². The summed E-state index contributed by atoms with van der Waals surface area (Å²) >= 11 is 1.54. The lowest BCUT2D eigenvalue weighted by molar-refractivity contribution is 0.0945. The Kier molecular flexibility index (Phi) is 4.86. The van der Waals surface area contributed by atoms with Gasteiger partial charge in [-0.2, -0.15) is 0 Å². The number of sulfone groups is 1. The number of amides is 1. The van der Waals surface area contributed by atoms with E-state index in [0.717, 1.165) is 19.3 Å². The van der Waals surface area contributed by atoms with Crippen LogP contribution < -0.4 is 5.32 Å². The first-order valence-electron chi connectivity index (χ1n) is 7.08. The lowest BCUT2D eigenvalue weighted by Crippen LogP contribution is -2.35. The summed E-state index contributed by atoms with van der Waals surface area (Å²) in [5, 5.41) is 2.85. The van der Waals surface area contributed by atoms with E-state index in [9.17, 15) is 13.2 Å². The Bertz CT molecular complexity index is 590. The molecule has 1 aliphatic heterocycles. The maximum Gasteiger partial charge on any atom is 0.261 e. The molecule has 20 heavy (non-hydrogen) atoms. The van der Waals surface area contributed by atoms with Crippen LogP contribution in [0, 0.1) is 0 Å². The molecule has 1 amide bonds. The van der Waals surface area contributed by atoms with E-state index >= 15 is 0 Å². The fourth-order valence-electron chi connectivity index (χ4n) is 2.48. The smallest absolute Gasteiger partial charge is 0.261 e. The van der Waals surface area contributed by atoms with Crippen LogP contribution in [0.4, 0.5) is 0 Å². The molecular formula is C14H21NO3S2. The largest absolute Gasteiger partial charge is 0.348 e. The van der Waals surface area contributed by atoms with E-state index in [4.69, 9.17) is 0 Å². The van der Waals surface area contributed by atoms with E-state index in [1.54, 1.807) is 0 Å². The molecule has 1 saturated heterocycles. The maximum absolute atomic E-state index is 12.2. The summed E-state index contributed by atoms with van der Waals surface area (Å²) in [5.74, 6) is 0.130. The predicted molar refractivity (Wildman–Crippen MR) is 82.2 cm³/mol. The fourth-order valence-corrected chi connectivity index (χ4v) is 5.41. The number of rotatable bonds is 5. The van der Waals surface area contributed by atoms with E-state index in [1.165, 1.54) is 21.8 Å². The van der Waals surface area contributed by atoms with Crippen LogP contribution in [0.5, 0.6) is 0 Å². The highest BCUT2D eigenvalue weighted by Crippen LogP contribution is 2.25. The van der Waals surface area contributed by atoms with Crippen molar-refractivity contribution >= 4 is 27.1 Å². The van der Waals surface area contributed by atoms with Crippen molar-refractivity contribution in [2.75, 3.05) is 11.5 Å². The molecule has 6 heteroatoms. The molecule has 0 saturated carbocycles. The van der Waals surface area contributed by atoms with Gasteiger partial charge in [0.15, 0.2) is 9.84 Å². The number of nitrogens with one attached hydrogen (secondary N) is 1. The zero-order valence-corrected chi connectivity index (χ0v) is 13.6. The summed E-state index contributed by atoms with van der Waals surface area (Å²) in [5.41, 5.74) is 1.24. The summed E-state index contributed by atoms with van der Waals surface area (Å²) in [7, 11) is -2.95. The zero-order chi connectivity index (χ0) is 14.8. The molecular weight excluding hydrogens is 294 g/mol. The normalized spacial score (nSPS) is 21.0. The van der Waals surface area contributed by atoms with Crippen LogP contribution in [0.3, 0.4) is 0 Å². The average molecular weight is 315 g/mol. The quantitative estimate of drug-likeness (QED) is 0.906. The molecule has 1 fully saturated rings. The van der Waals surface area contributed by atoms with Crippen molar-refractivity contribution in [2.24, 2.45) is 0 Å². The van der Waals surface area contributed by atoms with E-state index in [2.05, 4.69) is 19.2 Å². The molecule has 4 nitrogen and oxygen atoms in total. The van der Waals surface area contributed by atoms with Crippen molar-refractivity contribution in [1.82, 2.24) is 5.32 Å². The Hall–Kier alpha value is -0.880. The second kappa shape index (κ2) is 6.26. The molecule has 0 radical (unpaired) electrons. The highest BCUT2D eigenvalue weighted by molar-refractivity contribution is 7.91. The van der Waals surface area contributed by atoms with Crippen LogP contribution in [-0.2, 0) is 22.7 Å². The van der Waals surface area contributed by atoms with E-state index in [1.807, 2.05) is 6.07 Å². The van der Waals surface area contributed by atoms with Crippen molar-refractivity contribution in [2.45, 2.75) is 45.6 Å². The summed E-state index contributed by atoms with van der Waals surface area (Å²) in [6.07, 6.45) is 3.52. The molecule has 0 aliphatic carbocycles. The molecule has 0 spiro atoms. The number of hydrogen-bond donors (Lipinski definition) is 1. The molecule has 2 rings (SSSR count). The van der Waals surface area contributed by atoms with Gasteiger partial charge in [0.25, 0.3) is 5.91 Å². The molecule has 0 aromatic carbocycles. The van der Waals surface area contributed by atoms with E-state index in [0.29, 0.717) is 11.3 Å². The van der Waals surface area contributed by atoms with Crippen LogP contribution in [-0.4, -0.2) is 31.9 Å². The molecule has 112 valence electrons. The highest BCUT2D eigenvalue weighted by atomic mass is 32.2. The second-order valence-corrected chi connectivity index (χ2v) is 8.60. The first-order chi connectivity index (χ1) is 9.45. The van der Waals surface area contributed by atoms with Gasteiger partial charge in [-0.3, -0.25) is 4.79 Å². The third kappa shape index (κ3) is 3.61. The monoisotopic (exact) mass is 315 g/mol. The lowest BCUT2D eigenvalue weighted by atomic mass is 10.1. The molecule has 1 atom stereocenters. The van der Waals surface area contributed by atoms with Gasteiger partial charge in [-0.05, 0) is 30.9 Å². The Morgan fingerprint density at radius 3 is 2.75 bits per heavy atom. The summed E-state index contributed by atoms with van der Waals surface area (Å²) in [6, 6.07) is 1.73. The molecule has 1 N–H and O–H groups in total. The Labute approximate surface area is 124 Å². The van der Waals surface area contributed by atoms with Crippen molar-refractivity contribution in [1.29, 1.82) is 0 Å². The van der Waals surface area contributed by atoms with Gasteiger partial charge in [-0.25, -0.2) is 8.42 Å². The Balaban J connectivity index is 2.06. The number of aryl methyl sites for hydroxylation is 2. The molecule has 1 aliphatic rings. The topological polar surface area (TPSA) is 63.2 Å². The maximum atomic E-state index is 12.2. The number of hydrogen-bond acceptors (Lipinski definition) is 4. The lowest BCUT2D eigenvalue weighted by Gasteiger charge is -2.09. The van der Waals surface area contributed by atoms with Gasteiger partial charge >= 0.3 is 0 Å². The van der Waals surface area contributed by atoms with Crippen molar-refractivity contribution < 1.29 is 13.2 Å². The summed E-state index contributed by atoms with van der Waals surface area (Å²) in [6.45, 7) is 4.22. The minimum absolute atomic E-state index is 0.0760. The van der Waals surface area contributed by atoms with Crippen LogP contribution in [0.1, 0.15) is 46.8 Å². The van der Waals surface area contributed by atoms with E-state index < -0.39 is 9.84 Å². The van der Waals surface area contributed by atoms with Crippen LogP contribution in [0.2, 0.25) is 0 Å². The van der Waals surface area contributed by atoms with Gasteiger partial charge in [0.1, 0.15) is 0 Å². The van der Waals surface area contributed by atoms with Crippen molar-refractivity contribution in [3.8, 4) is 0 Å². The minimum Gasteiger partial charge on any atom is -0.348 e. The zero-order valence-electron chi connectivity index (χ0n) is 11.9. The van der Waals surface area contributed by atoms with Crippen LogP contribution in [0.15, 0.2) is 6.07 Å². The van der Waals surface area contributed by atoms with E-state index in [-0.39, 0.29) is 23.5 Å². The molecule has 0 bridgehead atoms. The number of thiophene rings is 1. The van der Waals surface area contributed by atoms with Gasteiger partial charge < -0.3 is 5.32 Å². The van der Waals surface area contributed by atoms with Crippen molar-refractivity contribution in [3.63, 3.8) is 0 Å². The molecule has 1 aromatic rings. The third-order valence-electron chi connectivity index (χ3n) is 3.55. The van der Waals surface area contributed by atoms with Gasteiger partial charge in [-0.15, -0.1) is 11.3 Å². The Morgan fingerprint density at radius 2 is 2.20 bits per heavy atom. The standard InChI is InChI=1S/C14H21NO3S2/c1-3-5-12-10(4-2)8-13(19-12)14(16)15-11-6-7-20(17,18)9-11/h8,11H,3-7,9H2,1-2H3,(H,15,16)/t11-/m1/s1. The number of carbonyl (C=O) groups excluding carboxylic acids is 1. The average Bonchev–Trinajstić information content (AvgIpc) is 2.93. The van der Waals surface area contributed by atoms with Crippen molar-refractivity contribution in [3.05, 3.63) is 21.4 Å². The first kappa shape index (κ1) is 15.5. The molecule has 0 unspecified atom stereocenters.